The van der Waals surface area contributed by atoms with Crippen molar-refractivity contribution in [3.05, 3.63) is 52.5 Å². The smallest absolute Gasteiger partial charge is 0.417 e. The Balaban J connectivity index is 2.02. The van der Waals surface area contributed by atoms with E-state index >= 15 is 0 Å². The number of sulfonamides is 1. The molecule has 8 heteroatoms. The summed E-state index contributed by atoms with van der Waals surface area (Å²) in [7, 11) is -2.39. The highest BCUT2D eigenvalue weighted by Gasteiger charge is 2.18. The highest BCUT2D eigenvalue weighted by Crippen LogP contribution is 2.28. The van der Waals surface area contributed by atoms with E-state index in [1.807, 2.05) is 13.0 Å². The van der Waals surface area contributed by atoms with Gasteiger partial charge in [0.05, 0.1) is 23.2 Å². The first-order valence-corrected chi connectivity index (χ1v) is 8.74. The second-order valence-electron chi connectivity index (χ2n) is 5.17. The van der Waals surface area contributed by atoms with Crippen LogP contribution in [0.25, 0.3) is 11.1 Å². The third-order valence-corrected chi connectivity index (χ3v) is 4.98. The maximum atomic E-state index is 12.6. The van der Waals surface area contributed by atoms with Crippen LogP contribution in [0.15, 0.2) is 50.5 Å². The number of aromatic amines is 1. The van der Waals surface area contributed by atoms with Gasteiger partial charge in [0.1, 0.15) is 5.75 Å². The van der Waals surface area contributed by atoms with Crippen LogP contribution >= 0.6 is 0 Å². The van der Waals surface area contributed by atoms with E-state index in [9.17, 15) is 13.2 Å². The fourth-order valence-electron chi connectivity index (χ4n) is 2.35. The van der Waals surface area contributed by atoms with Gasteiger partial charge in [0.2, 0.25) is 0 Å². The average Bonchev–Trinajstić information content (AvgIpc) is 2.93. The predicted molar refractivity (Wildman–Crippen MR) is 90.0 cm³/mol. The van der Waals surface area contributed by atoms with Crippen LogP contribution in [0.5, 0.6) is 5.75 Å². The van der Waals surface area contributed by atoms with Crippen LogP contribution in [-0.4, -0.2) is 20.5 Å². The van der Waals surface area contributed by atoms with Crippen LogP contribution < -0.4 is 15.2 Å². The Morgan fingerprint density at radius 2 is 2.00 bits per heavy atom. The van der Waals surface area contributed by atoms with Gasteiger partial charge in [-0.15, -0.1) is 0 Å². The number of fused-ring (bicyclic) bond motifs is 1. The van der Waals surface area contributed by atoms with Crippen molar-refractivity contribution >= 4 is 26.8 Å². The zero-order chi connectivity index (χ0) is 17.3. The Morgan fingerprint density at radius 3 is 2.71 bits per heavy atom. The lowest BCUT2D eigenvalue weighted by Gasteiger charge is -2.13. The first kappa shape index (κ1) is 16.1. The Hall–Kier alpha value is -2.74. The van der Waals surface area contributed by atoms with Gasteiger partial charge in [0.25, 0.3) is 10.0 Å². The van der Waals surface area contributed by atoms with Gasteiger partial charge in [-0.2, -0.15) is 0 Å². The van der Waals surface area contributed by atoms with Crippen molar-refractivity contribution in [2.45, 2.75) is 18.2 Å². The maximum Gasteiger partial charge on any atom is 0.417 e. The number of anilines is 1. The number of rotatable bonds is 5. The molecule has 0 aliphatic rings. The molecule has 0 unspecified atom stereocenters. The third kappa shape index (κ3) is 3.00. The van der Waals surface area contributed by atoms with Gasteiger partial charge in [-0.05, 0) is 36.2 Å². The number of nitrogens with one attached hydrogen (secondary N) is 2. The molecule has 7 nitrogen and oxygen atoms in total. The number of benzene rings is 2. The maximum absolute atomic E-state index is 12.6. The van der Waals surface area contributed by atoms with E-state index < -0.39 is 15.8 Å². The average molecular weight is 348 g/mol. The Morgan fingerprint density at radius 1 is 1.21 bits per heavy atom. The number of ether oxygens (including phenoxy) is 1. The van der Waals surface area contributed by atoms with Crippen molar-refractivity contribution in [1.82, 2.24) is 4.98 Å². The van der Waals surface area contributed by atoms with Gasteiger partial charge in [-0.3, -0.25) is 9.71 Å². The number of aromatic nitrogens is 1. The number of H-pyrrole nitrogens is 1. The number of hydrogen-bond donors (Lipinski definition) is 2. The molecule has 0 fully saturated rings. The first-order valence-electron chi connectivity index (χ1n) is 7.25. The number of methoxy groups -OCH3 is 1. The molecule has 0 spiro atoms. The molecule has 1 heterocycles. The lowest BCUT2D eigenvalue weighted by atomic mass is 10.1. The molecule has 0 aliphatic carbocycles. The molecule has 0 aliphatic heterocycles. The summed E-state index contributed by atoms with van der Waals surface area (Å²) in [6.07, 6.45) is 0.763. The fraction of sp³-hybridized carbons (Fsp3) is 0.188. The van der Waals surface area contributed by atoms with Crippen molar-refractivity contribution in [2.75, 3.05) is 11.8 Å². The van der Waals surface area contributed by atoms with E-state index in [-0.39, 0.29) is 10.5 Å². The molecule has 2 aromatic carbocycles. The summed E-state index contributed by atoms with van der Waals surface area (Å²) in [5.74, 6) is -0.213. The van der Waals surface area contributed by atoms with E-state index in [0.29, 0.717) is 17.0 Å². The molecule has 24 heavy (non-hydrogen) atoms. The summed E-state index contributed by atoms with van der Waals surface area (Å²) in [6.45, 7) is 1.97. The molecule has 0 amide bonds. The molecule has 3 aromatic rings. The summed E-state index contributed by atoms with van der Waals surface area (Å²) in [5, 5.41) is 0. The molecular weight excluding hydrogens is 332 g/mol. The Labute approximate surface area is 138 Å². The van der Waals surface area contributed by atoms with Gasteiger partial charge in [0.15, 0.2) is 5.58 Å². The molecular formula is C16H16N2O5S. The van der Waals surface area contributed by atoms with Crippen molar-refractivity contribution in [1.29, 1.82) is 0 Å². The SMILES string of the molecule is CCc1ccc(OC)c(NS(=O)(=O)c2ccc3[nH]c(=O)oc3c2)c1. The van der Waals surface area contributed by atoms with Crippen molar-refractivity contribution in [3.8, 4) is 5.75 Å². The number of hydrogen-bond acceptors (Lipinski definition) is 5. The van der Waals surface area contributed by atoms with E-state index in [2.05, 4.69) is 9.71 Å². The summed E-state index contributed by atoms with van der Waals surface area (Å²) in [4.78, 5) is 13.6. The quantitative estimate of drug-likeness (QED) is 0.738. The number of aryl methyl sites for hydroxylation is 1. The van der Waals surface area contributed by atoms with Crippen LogP contribution in [0.4, 0.5) is 5.69 Å². The minimum absolute atomic E-state index is 0.0123. The first-order chi connectivity index (χ1) is 11.4. The minimum Gasteiger partial charge on any atom is -0.495 e. The monoisotopic (exact) mass is 348 g/mol. The second kappa shape index (κ2) is 6.04. The predicted octanol–water partition coefficient (Wildman–Crippen LogP) is 2.49. The van der Waals surface area contributed by atoms with E-state index in [0.717, 1.165) is 12.0 Å². The molecule has 0 saturated heterocycles. The molecule has 3 rings (SSSR count). The molecule has 0 saturated carbocycles. The molecule has 0 radical (unpaired) electrons. The molecule has 126 valence electrons. The minimum atomic E-state index is -3.86. The highest BCUT2D eigenvalue weighted by atomic mass is 32.2. The second-order valence-corrected chi connectivity index (χ2v) is 6.85. The molecule has 1 aromatic heterocycles. The van der Waals surface area contributed by atoms with Gasteiger partial charge < -0.3 is 9.15 Å². The topological polar surface area (TPSA) is 101 Å². The molecule has 2 N–H and O–H groups in total. The van der Waals surface area contributed by atoms with Crippen LogP contribution in [0.3, 0.4) is 0 Å². The zero-order valence-corrected chi connectivity index (χ0v) is 13.9. The third-order valence-electron chi connectivity index (χ3n) is 3.62. The molecule has 0 bridgehead atoms. The van der Waals surface area contributed by atoms with Gasteiger partial charge in [-0.25, -0.2) is 13.2 Å². The normalized spacial score (nSPS) is 11.6. The highest BCUT2D eigenvalue weighted by molar-refractivity contribution is 7.92. The summed E-state index contributed by atoms with van der Waals surface area (Å²) < 4.78 is 37.9. The lowest BCUT2D eigenvalue weighted by Crippen LogP contribution is -2.13. The van der Waals surface area contributed by atoms with E-state index in [4.69, 9.17) is 9.15 Å². The van der Waals surface area contributed by atoms with Crippen LogP contribution in [0.2, 0.25) is 0 Å². The van der Waals surface area contributed by atoms with E-state index in [1.165, 1.54) is 25.3 Å². The fourth-order valence-corrected chi connectivity index (χ4v) is 3.43. The largest absolute Gasteiger partial charge is 0.495 e. The zero-order valence-electron chi connectivity index (χ0n) is 13.1. The molecule has 0 atom stereocenters. The van der Waals surface area contributed by atoms with Crippen LogP contribution in [0, 0.1) is 0 Å². The number of oxazole rings is 1. The summed E-state index contributed by atoms with van der Waals surface area (Å²) >= 11 is 0. The Kier molecular flexibility index (Phi) is 4.06. The Bertz CT molecular complexity index is 1050. The van der Waals surface area contributed by atoms with Crippen LogP contribution in [0.1, 0.15) is 12.5 Å². The summed E-state index contributed by atoms with van der Waals surface area (Å²) in [5.41, 5.74) is 1.94. The van der Waals surface area contributed by atoms with Crippen molar-refractivity contribution in [3.63, 3.8) is 0 Å². The van der Waals surface area contributed by atoms with Crippen molar-refractivity contribution in [2.24, 2.45) is 0 Å². The van der Waals surface area contributed by atoms with E-state index in [1.54, 1.807) is 12.1 Å². The van der Waals surface area contributed by atoms with Gasteiger partial charge in [0, 0.05) is 6.07 Å². The summed E-state index contributed by atoms with van der Waals surface area (Å²) in [6, 6.07) is 9.49. The van der Waals surface area contributed by atoms with Crippen molar-refractivity contribution < 1.29 is 17.6 Å². The van der Waals surface area contributed by atoms with Gasteiger partial charge >= 0.3 is 5.76 Å². The lowest BCUT2D eigenvalue weighted by molar-refractivity contribution is 0.416. The van der Waals surface area contributed by atoms with Crippen LogP contribution in [-0.2, 0) is 16.4 Å². The standard InChI is InChI=1S/C16H16N2O5S/c1-3-10-4-7-14(22-2)13(8-10)18-24(20,21)11-5-6-12-15(9-11)23-16(19)17-12/h4-9,18H,3H2,1-2H3,(H,17,19). The van der Waals surface area contributed by atoms with Gasteiger partial charge in [-0.1, -0.05) is 13.0 Å².